The van der Waals surface area contributed by atoms with Crippen molar-refractivity contribution in [2.75, 3.05) is 10.2 Å². The minimum Gasteiger partial charge on any atom is -0.458 e. The molecule has 0 saturated heterocycles. The highest BCUT2D eigenvalue weighted by atomic mass is 32.2. The number of nitrogens with zero attached hydrogens (tertiary/aromatic N) is 3. The maximum absolute atomic E-state index is 13.2. The molecule has 0 spiro atoms. The quantitative estimate of drug-likeness (QED) is 0.284. The molecule has 1 amide bonds. The van der Waals surface area contributed by atoms with Gasteiger partial charge in [0, 0.05) is 17.3 Å². The van der Waals surface area contributed by atoms with Gasteiger partial charge in [-0.3, -0.25) is 4.98 Å². The first-order valence-corrected chi connectivity index (χ1v) is 15.4. The van der Waals surface area contributed by atoms with Crippen molar-refractivity contribution >= 4 is 27.5 Å². The van der Waals surface area contributed by atoms with Crippen molar-refractivity contribution in [1.82, 2.24) is 15.3 Å². The first-order chi connectivity index (χ1) is 20.0. The van der Waals surface area contributed by atoms with E-state index in [9.17, 15) is 13.2 Å². The minimum atomic E-state index is -3.82. The average molecular weight is 585 g/mol. The molecule has 42 heavy (non-hydrogen) atoms. The SMILES string of the molecule is CC(C)(C)OC(=O)NC1(c2ccc(-c3nc4c(cc3-c3ccccc3)N(c3cccnc3)S(=O)(=O)CO4)cc2)CCC1. The number of aromatic nitrogens is 2. The number of alkyl carbamates (subject to hydrolysis) is 1. The lowest BCUT2D eigenvalue weighted by Gasteiger charge is -2.43. The second kappa shape index (κ2) is 10.4. The number of hydrogen-bond acceptors (Lipinski definition) is 7. The summed E-state index contributed by atoms with van der Waals surface area (Å²) in [5.74, 6) is -0.321. The topological polar surface area (TPSA) is 111 Å². The molecule has 9 nitrogen and oxygen atoms in total. The summed E-state index contributed by atoms with van der Waals surface area (Å²) in [4.78, 5) is 21.6. The molecule has 10 heteroatoms. The van der Waals surface area contributed by atoms with E-state index in [1.807, 2.05) is 81.4 Å². The normalized spacial score (nSPS) is 16.9. The number of anilines is 2. The summed E-state index contributed by atoms with van der Waals surface area (Å²) in [7, 11) is -3.82. The molecular weight excluding hydrogens is 552 g/mol. The van der Waals surface area contributed by atoms with Crippen LogP contribution in [0.25, 0.3) is 22.4 Å². The van der Waals surface area contributed by atoms with Gasteiger partial charge in [0.1, 0.15) is 11.3 Å². The number of nitrogens with one attached hydrogen (secondary N) is 1. The van der Waals surface area contributed by atoms with Gasteiger partial charge < -0.3 is 14.8 Å². The smallest absolute Gasteiger partial charge is 0.408 e. The molecule has 1 fully saturated rings. The van der Waals surface area contributed by atoms with E-state index in [0.29, 0.717) is 17.1 Å². The van der Waals surface area contributed by atoms with Gasteiger partial charge in [-0.05, 0) is 69.4 Å². The fourth-order valence-corrected chi connectivity index (χ4v) is 6.59. The molecule has 0 unspecified atom stereocenters. The summed E-state index contributed by atoms with van der Waals surface area (Å²) in [6, 6.07) is 22.9. The van der Waals surface area contributed by atoms with E-state index in [2.05, 4.69) is 10.3 Å². The Morgan fingerprint density at radius 2 is 1.74 bits per heavy atom. The van der Waals surface area contributed by atoms with Crippen molar-refractivity contribution < 1.29 is 22.7 Å². The highest BCUT2D eigenvalue weighted by Crippen LogP contribution is 2.45. The molecule has 0 bridgehead atoms. The van der Waals surface area contributed by atoms with Gasteiger partial charge >= 0.3 is 6.09 Å². The molecule has 2 aliphatic rings. The zero-order chi connectivity index (χ0) is 29.5. The molecule has 1 aliphatic carbocycles. The van der Waals surface area contributed by atoms with E-state index in [1.54, 1.807) is 18.3 Å². The highest BCUT2D eigenvalue weighted by Gasteiger charge is 2.41. The Kier molecular flexibility index (Phi) is 6.89. The number of benzene rings is 2. The van der Waals surface area contributed by atoms with Crippen LogP contribution in [-0.2, 0) is 20.3 Å². The minimum absolute atomic E-state index is 0.217. The monoisotopic (exact) mass is 584 g/mol. The lowest BCUT2D eigenvalue weighted by atomic mass is 9.71. The van der Waals surface area contributed by atoms with E-state index in [0.717, 1.165) is 41.5 Å². The molecule has 6 rings (SSSR count). The van der Waals surface area contributed by atoms with Gasteiger partial charge in [0.25, 0.3) is 10.0 Å². The number of fused-ring (bicyclic) bond motifs is 1. The van der Waals surface area contributed by atoms with Gasteiger partial charge in [-0.15, -0.1) is 0 Å². The fraction of sp³-hybridized carbons (Fsp3) is 0.281. The predicted molar refractivity (Wildman–Crippen MR) is 161 cm³/mol. The van der Waals surface area contributed by atoms with Gasteiger partial charge in [0.15, 0.2) is 0 Å². The maximum atomic E-state index is 13.2. The number of carbonyl (C=O) groups is 1. The average Bonchev–Trinajstić information content (AvgIpc) is 2.94. The second-order valence-corrected chi connectivity index (χ2v) is 13.3. The standard InChI is InChI=1S/C32H32N4O5S/c1-31(2,3)41-30(37)35-32(16-8-17-32)24-14-12-23(13-15-24)28-26(22-9-5-4-6-10-22)19-27-29(34-28)40-21-42(38,39)36(27)25-11-7-18-33-20-25/h4-7,9-15,18-20H,8,16-17,21H2,1-3H3,(H,35,37). The molecule has 3 heterocycles. The van der Waals surface area contributed by atoms with E-state index in [4.69, 9.17) is 14.5 Å². The van der Waals surface area contributed by atoms with Crippen LogP contribution >= 0.6 is 0 Å². The zero-order valence-electron chi connectivity index (χ0n) is 23.7. The summed E-state index contributed by atoms with van der Waals surface area (Å²) >= 11 is 0. The molecule has 0 radical (unpaired) electrons. The van der Waals surface area contributed by atoms with E-state index >= 15 is 0 Å². The summed E-state index contributed by atoms with van der Waals surface area (Å²) < 4.78 is 38.8. The first kappa shape index (κ1) is 27.7. The van der Waals surface area contributed by atoms with E-state index in [1.165, 1.54) is 10.5 Å². The summed E-state index contributed by atoms with van der Waals surface area (Å²) in [5.41, 5.74) is 3.77. The van der Waals surface area contributed by atoms with Gasteiger partial charge in [-0.25, -0.2) is 22.5 Å². The van der Waals surface area contributed by atoms with Crippen molar-refractivity contribution in [3.8, 4) is 28.3 Å². The molecule has 0 atom stereocenters. The van der Waals surface area contributed by atoms with Gasteiger partial charge in [0.05, 0.1) is 23.1 Å². The first-order valence-electron chi connectivity index (χ1n) is 13.8. The van der Waals surface area contributed by atoms with Crippen molar-refractivity contribution in [2.45, 2.75) is 51.2 Å². The van der Waals surface area contributed by atoms with Crippen LogP contribution in [0.2, 0.25) is 0 Å². The van der Waals surface area contributed by atoms with Crippen LogP contribution in [0, 0.1) is 0 Å². The van der Waals surface area contributed by atoms with Gasteiger partial charge in [0.2, 0.25) is 11.8 Å². The number of rotatable bonds is 5. The van der Waals surface area contributed by atoms with Crippen LogP contribution in [-0.4, -0.2) is 36.0 Å². The highest BCUT2D eigenvalue weighted by molar-refractivity contribution is 7.93. The number of sulfonamides is 1. The Morgan fingerprint density at radius 1 is 1.00 bits per heavy atom. The maximum Gasteiger partial charge on any atom is 0.408 e. The third-order valence-corrected chi connectivity index (χ3v) is 8.81. The van der Waals surface area contributed by atoms with E-state index < -0.39 is 33.2 Å². The third-order valence-electron chi connectivity index (χ3n) is 7.43. The van der Waals surface area contributed by atoms with Crippen LogP contribution in [0.3, 0.4) is 0 Å². The number of carbonyl (C=O) groups excluding carboxylic acids is 1. The molecule has 1 saturated carbocycles. The Balaban J connectivity index is 1.42. The van der Waals surface area contributed by atoms with Crippen molar-refractivity contribution in [1.29, 1.82) is 0 Å². The summed E-state index contributed by atoms with van der Waals surface area (Å²) in [5, 5.41) is 3.10. The van der Waals surface area contributed by atoms with Crippen LogP contribution in [0.5, 0.6) is 5.88 Å². The lowest BCUT2D eigenvalue weighted by Crippen LogP contribution is -2.52. The van der Waals surface area contributed by atoms with E-state index in [-0.39, 0.29) is 5.88 Å². The lowest BCUT2D eigenvalue weighted by molar-refractivity contribution is 0.0377. The Hall–Kier alpha value is -4.44. The van der Waals surface area contributed by atoms with Gasteiger partial charge in [-0.1, -0.05) is 54.6 Å². The molecule has 1 N–H and O–H groups in total. The number of pyridine rings is 2. The second-order valence-electron chi connectivity index (χ2n) is 11.6. The third kappa shape index (κ3) is 5.30. The predicted octanol–water partition coefficient (Wildman–Crippen LogP) is 6.53. The Labute approximate surface area is 245 Å². The fourth-order valence-electron chi connectivity index (χ4n) is 5.36. The largest absolute Gasteiger partial charge is 0.458 e. The number of ether oxygens (including phenoxy) is 2. The zero-order valence-corrected chi connectivity index (χ0v) is 24.5. The number of hydrogen-bond donors (Lipinski definition) is 1. The summed E-state index contributed by atoms with van der Waals surface area (Å²) in [6.07, 6.45) is 5.32. The molecule has 2 aromatic heterocycles. The van der Waals surface area contributed by atoms with Gasteiger partial charge in [-0.2, -0.15) is 0 Å². The number of amides is 1. The van der Waals surface area contributed by atoms with Crippen molar-refractivity contribution in [3.05, 3.63) is 90.8 Å². The van der Waals surface area contributed by atoms with Crippen LogP contribution in [0.1, 0.15) is 45.6 Å². The molecule has 2 aromatic carbocycles. The van der Waals surface area contributed by atoms with Crippen molar-refractivity contribution in [3.63, 3.8) is 0 Å². The van der Waals surface area contributed by atoms with Crippen LogP contribution in [0.4, 0.5) is 16.2 Å². The van der Waals surface area contributed by atoms with Crippen LogP contribution < -0.4 is 14.4 Å². The van der Waals surface area contributed by atoms with Crippen LogP contribution in [0.15, 0.2) is 85.2 Å². The molecule has 216 valence electrons. The Bertz CT molecular complexity index is 1720. The summed E-state index contributed by atoms with van der Waals surface area (Å²) in [6.45, 7) is 5.54. The Morgan fingerprint density at radius 3 is 2.36 bits per heavy atom. The molecule has 4 aromatic rings. The molecular formula is C32H32N4O5S. The molecule has 1 aliphatic heterocycles. The van der Waals surface area contributed by atoms with Crippen molar-refractivity contribution in [2.24, 2.45) is 0 Å².